The lowest BCUT2D eigenvalue weighted by molar-refractivity contribution is -0.135. The lowest BCUT2D eigenvalue weighted by Gasteiger charge is -2.01. The highest BCUT2D eigenvalue weighted by atomic mass is 16.5. The number of aliphatic imine (C=N–C) groups is 1. The van der Waals surface area contributed by atoms with Gasteiger partial charge in [0.05, 0.1) is 19.4 Å². The molecule has 0 unspecified atom stereocenters. The van der Waals surface area contributed by atoms with E-state index < -0.39 is 5.97 Å². The molecular weight excluding hydrogens is 218 g/mol. The van der Waals surface area contributed by atoms with E-state index in [-0.39, 0.29) is 11.4 Å². The van der Waals surface area contributed by atoms with Gasteiger partial charge >= 0.3 is 5.97 Å². The minimum atomic E-state index is -0.705. The van der Waals surface area contributed by atoms with Gasteiger partial charge in [-0.25, -0.2) is 9.84 Å². The summed E-state index contributed by atoms with van der Waals surface area (Å²) in [6.07, 6.45) is 0. The number of carbonyl (C=O) groups is 1. The zero-order valence-corrected chi connectivity index (χ0v) is 9.10. The van der Waals surface area contributed by atoms with Crippen LogP contribution in [0.25, 0.3) is 10.5 Å². The molecule has 2 rings (SSSR count). The Morgan fingerprint density at radius 1 is 1.41 bits per heavy atom. The molecule has 2 N–H and O–H groups in total. The molecule has 0 radical (unpaired) electrons. The fourth-order valence-corrected chi connectivity index (χ4v) is 1.63. The highest BCUT2D eigenvalue weighted by Crippen LogP contribution is 2.30. The summed E-state index contributed by atoms with van der Waals surface area (Å²) in [5, 5.41) is 0. The molecule has 0 bridgehead atoms. The van der Waals surface area contributed by atoms with Gasteiger partial charge < -0.3 is 10.5 Å². The van der Waals surface area contributed by atoms with Crippen molar-refractivity contribution >= 4 is 17.5 Å². The van der Waals surface area contributed by atoms with Gasteiger partial charge in [-0.15, -0.1) is 0 Å². The average Bonchev–Trinajstić information content (AvgIpc) is 2.68. The van der Waals surface area contributed by atoms with Crippen LogP contribution >= 0.6 is 0 Å². The molecule has 17 heavy (non-hydrogen) atoms. The summed E-state index contributed by atoms with van der Waals surface area (Å²) < 4.78 is 4.55. The van der Waals surface area contributed by atoms with Gasteiger partial charge in [0.25, 0.3) is 5.70 Å². The fraction of sp³-hybridized carbons (Fsp3) is 0.0833. The molecule has 0 amide bonds. The molecule has 1 aromatic carbocycles. The maximum atomic E-state index is 11.4. The highest BCUT2D eigenvalue weighted by molar-refractivity contribution is 6.13. The number of rotatable bonds is 1. The number of methoxy groups -OCH3 is 1. The molecule has 0 atom stereocenters. The summed E-state index contributed by atoms with van der Waals surface area (Å²) >= 11 is 0. The first-order chi connectivity index (χ1) is 8.19. The van der Waals surface area contributed by atoms with Gasteiger partial charge in [-0.1, -0.05) is 24.3 Å². The van der Waals surface area contributed by atoms with Crippen molar-refractivity contribution in [1.29, 1.82) is 0 Å². The standard InChI is InChI=1S/C12H9N3O2/c1-14-10(12(16)17-2)9-7-5-3-4-6-8(7)11(13)15-9/h3-6H,2H3,(H2,13,15)/b10-9+. The van der Waals surface area contributed by atoms with Crippen molar-refractivity contribution < 1.29 is 9.53 Å². The number of amidine groups is 1. The van der Waals surface area contributed by atoms with Crippen LogP contribution in [0, 0.1) is 6.57 Å². The zero-order valence-electron chi connectivity index (χ0n) is 9.10. The second-order valence-corrected chi connectivity index (χ2v) is 3.34. The molecular formula is C12H9N3O2. The smallest absolute Gasteiger partial charge is 0.338 e. The molecule has 1 aromatic rings. The molecule has 0 aliphatic carbocycles. The Morgan fingerprint density at radius 2 is 2.06 bits per heavy atom. The van der Waals surface area contributed by atoms with Crippen LogP contribution in [0.2, 0.25) is 0 Å². The van der Waals surface area contributed by atoms with Crippen LogP contribution in [0.4, 0.5) is 0 Å². The minimum absolute atomic E-state index is 0.152. The van der Waals surface area contributed by atoms with E-state index in [0.717, 1.165) is 5.56 Å². The van der Waals surface area contributed by atoms with E-state index in [0.29, 0.717) is 11.4 Å². The van der Waals surface area contributed by atoms with Crippen molar-refractivity contribution in [1.82, 2.24) is 0 Å². The van der Waals surface area contributed by atoms with Crippen molar-refractivity contribution in [2.45, 2.75) is 0 Å². The lowest BCUT2D eigenvalue weighted by Crippen LogP contribution is -2.09. The SMILES string of the molecule is [C-]#[N+]/C(C(=O)OC)=C1/N=C(N)c2ccccc21. The number of esters is 1. The van der Waals surface area contributed by atoms with Crippen LogP contribution in [-0.4, -0.2) is 18.9 Å². The van der Waals surface area contributed by atoms with Crippen molar-refractivity contribution in [3.8, 4) is 0 Å². The van der Waals surface area contributed by atoms with E-state index in [2.05, 4.69) is 14.6 Å². The molecule has 0 saturated carbocycles. The van der Waals surface area contributed by atoms with E-state index in [1.165, 1.54) is 7.11 Å². The van der Waals surface area contributed by atoms with Crippen LogP contribution in [0.1, 0.15) is 11.1 Å². The molecule has 5 nitrogen and oxygen atoms in total. The lowest BCUT2D eigenvalue weighted by atomic mass is 10.1. The van der Waals surface area contributed by atoms with E-state index in [9.17, 15) is 4.79 Å². The topological polar surface area (TPSA) is 69.0 Å². The van der Waals surface area contributed by atoms with Gasteiger partial charge in [-0.3, -0.25) is 4.79 Å². The molecule has 1 aliphatic rings. The third-order valence-electron chi connectivity index (χ3n) is 2.41. The monoisotopic (exact) mass is 227 g/mol. The second-order valence-electron chi connectivity index (χ2n) is 3.34. The Morgan fingerprint density at radius 3 is 2.65 bits per heavy atom. The fourth-order valence-electron chi connectivity index (χ4n) is 1.63. The Balaban J connectivity index is 2.68. The van der Waals surface area contributed by atoms with E-state index >= 15 is 0 Å². The van der Waals surface area contributed by atoms with Crippen LogP contribution in [0.3, 0.4) is 0 Å². The van der Waals surface area contributed by atoms with Gasteiger partial charge in [0, 0.05) is 11.1 Å². The van der Waals surface area contributed by atoms with Crippen LogP contribution in [0.5, 0.6) is 0 Å². The molecule has 84 valence electrons. The molecule has 0 aromatic heterocycles. The van der Waals surface area contributed by atoms with E-state index in [1.54, 1.807) is 18.2 Å². The number of fused-ring (bicyclic) bond motifs is 1. The normalized spacial score (nSPS) is 15.6. The van der Waals surface area contributed by atoms with Gasteiger partial charge in [-0.05, 0) is 0 Å². The summed E-state index contributed by atoms with van der Waals surface area (Å²) in [6, 6.07) is 7.17. The van der Waals surface area contributed by atoms with Crippen molar-refractivity contribution in [3.05, 3.63) is 52.5 Å². The molecule has 0 fully saturated rings. The first-order valence-electron chi connectivity index (χ1n) is 4.83. The first kappa shape index (κ1) is 10.9. The summed E-state index contributed by atoms with van der Waals surface area (Å²) in [6.45, 7) is 7.02. The third kappa shape index (κ3) is 1.66. The molecule has 0 spiro atoms. The summed E-state index contributed by atoms with van der Waals surface area (Å²) in [7, 11) is 1.22. The van der Waals surface area contributed by atoms with Gasteiger partial charge in [0.15, 0.2) is 0 Å². The third-order valence-corrected chi connectivity index (χ3v) is 2.41. The zero-order chi connectivity index (χ0) is 12.4. The number of nitrogens with zero attached hydrogens (tertiary/aromatic N) is 2. The van der Waals surface area contributed by atoms with Crippen molar-refractivity contribution in [2.24, 2.45) is 10.7 Å². The van der Waals surface area contributed by atoms with Crippen molar-refractivity contribution in [3.63, 3.8) is 0 Å². The van der Waals surface area contributed by atoms with Crippen LogP contribution in [-0.2, 0) is 9.53 Å². The van der Waals surface area contributed by atoms with E-state index in [4.69, 9.17) is 12.3 Å². The number of ether oxygens (including phenoxy) is 1. The number of hydrogen-bond acceptors (Lipinski definition) is 4. The highest BCUT2D eigenvalue weighted by Gasteiger charge is 2.25. The molecule has 1 aliphatic heterocycles. The first-order valence-corrected chi connectivity index (χ1v) is 4.83. The minimum Gasteiger partial charge on any atom is -0.474 e. The number of nitrogens with two attached hydrogens (primary N) is 1. The molecule has 1 heterocycles. The van der Waals surface area contributed by atoms with E-state index in [1.807, 2.05) is 6.07 Å². The maximum absolute atomic E-state index is 11.4. The Hall–Kier alpha value is -2.61. The largest absolute Gasteiger partial charge is 0.474 e. The average molecular weight is 227 g/mol. The summed E-state index contributed by atoms with van der Waals surface area (Å²) in [5.41, 5.74) is 7.27. The van der Waals surface area contributed by atoms with Gasteiger partial charge in [-0.2, -0.15) is 0 Å². The summed E-state index contributed by atoms with van der Waals surface area (Å²) in [5.74, 6) is -0.399. The van der Waals surface area contributed by atoms with Crippen LogP contribution < -0.4 is 5.73 Å². The second kappa shape index (κ2) is 4.10. The number of carbonyl (C=O) groups excluding carboxylic acids is 1. The molecule has 5 heteroatoms. The van der Waals surface area contributed by atoms with Crippen LogP contribution in [0.15, 0.2) is 35.0 Å². The molecule has 0 saturated heterocycles. The Kier molecular flexibility index (Phi) is 2.63. The quantitative estimate of drug-likeness (QED) is 0.444. The van der Waals surface area contributed by atoms with Gasteiger partial charge in [0.2, 0.25) is 0 Å². The predicted octanol–water partition coefficient (Wildman–Crippen LogP) is 1.17. The Bertz CT molecular complexity index is 594. The maximum Gasteiger partial charge on any atom is 0.338 e. The number of hydrogen-bond donors (Lipinski definition) is 1. The number of benzene rings is 1. The predicted molar refractivity (Wildman–Crippen MR) is 62.7 cm³/mol. The van der Waals surface area contributed by atoms with Gasteiger partial charge in [0.1, 0.15) is 5.84 Å². The Labute approximate surface area is 98.0 Å². The summed E-state index contributed by atoms with van der Waals surface area (Å²) in [4.78, 5) is 18.7. The van der Waals surface area contributed by atoms with Crippen molar-refractivity contribution in [2.75, 3.05) is 7.11 Å².